The Kier molecular flexibility index (Phi) is 3.82. The summed E-state index contributed by atoms with van der Waals surface area (Å²) in [6, 6.07) is 4.66. The van der Waals surface area contributed by atoms with Crippen LogP contribution in [0.2, 0.25) is 0 Å². The van der Waals surface area contributed by atoms with E-state index in [0.717, 1.165) is 25.9 Å². The van der Waals surface area contributed by atoms with E-state index < -0.39 is 10.0 Å². The third-order valence-corrected chi connectivity index (χ3v) is 5.12. The Bertz CT molecular complexity index is 582. The minimum Gasteiger partial charge on any atom is -0.454 e. The molecule has 110 valence electrons. The van der Waals surface area contributed by atoms with E-state index in [2.05, 4.69) is 10.0 Å². The van der Waals surface area contributed by atoms with Crippen LogP contribution in [0.5, 0.6) is 11.5 Å². The van der Waals surface area contributed by atoms with Crippen LogP contribution in [0, 0.1) is 5.92 Å². The summed E-state index contributed by atoms with van der Waals surface area (Å²) < 4.78 is 37.4. The zero-order chi connectivity index (χ0) is 14.0. The molecule has 2 N–H and O–H groups in total. The van der Waals surface area contributed by atoms with E-state index in [4.69, 9.17) is 9.47 Å². The standard InChI is InChI=1S/C13H18N2O4S/c16-20(17,15-6-4-10-3-5-14-8-10)11-1-2-12-13(7-11)19-9-18-12/h1-2,7,10,14-15H,3-6,8-9H2. The molecule has 1 aromatic rings. The Morgan fingerprint density at radius 2 is 2.15 bits per heavy atom. The van der Waals surface area contributed by atoms with Gasteiger partial charge in [0.05, 0.1) is 4.90 Å². The van der Waals surface area contributed by atoms with Gasteiger partial charge in [-0.2, -0.15) is 0 Å². The average molecular weight is 298 g/mol. The second kappa shape index (κ2) is 5.59. The summed E-state index contributed by atoms with van der Waals surface area (Å²) in [4.78, 5) is 0.214. The lowest BCUT2D eigenvalue weighted by Crippen LogP contribution is -2.26. The van der Waals surface area contributed by atoms with Crippen molar-refractivity contribution in [3.8, 4) is 11.5 Å². The van der Waals surface area contributed by atoms with Crippen LogP contribution < -0.4 is 19.5 Å². The van der Waals surface area contributed by atoms with Gasteiger partial charge in [-0.25, -0.2) is 13.1 Å². The number of nitrogens with one attached hydrogen (secondary N) is 2. The number of sulfonamides is 1. The molecule has 1 fully saturated rings. The van der Waals surface area contributed by atoms with Gasteiger partial charge in [0, 0.05) is 12.6 Å². The van der Waals surface area contributed by atoms with Crippen molar-refractivity contribution < 1.29 is 17.9 Å². The van der Waals surface area contributed by atoms with Gasteiger partial charge in [0.15, 0.2) is 11.5 Å². The van der Waals surface area contributed by atoms with E-state index in [9.17, 15) is 8.42 Å². The molecule has 6 nitrogen and oxygen atoms in total. The second-order valence-electron chi connectivity index (χ2n) is 5.06. The lowest BCUT2D eigenvalue weighted by Gasteiger charge is -2.10. The smallest absolute Gasteiger partial charge is 0.240 e. The van der Waals surface area contributed by atoms with Crippen LogP contribution in [0.3, 0.4) is 0 Å². The molecule has 0 aromatic heterocycles. The number of ether oxygens (including phenoxy) is 2. The van der Waals surface area contributed by atoms with Gasteiger partial charge in [0.1, 0.15) is 0 Å². The van der Waals surface area contributed by atoms with E-state index in [1.165, 1.54) is 12.1 Å². The molecule has 2 heterocycles. The van der Waals surface area contributed by atoms with Crippen LogP contribution in [0.25, 0.3) is 0 Å². The Morgan fingerprint density at radius 3 is 2.95 bits per heavy atom. The molecule has 7 heteroatoms. The zero-order valence-corrected chi connectivity index (χ0v) is 11.9. The third-order valence-electron chi connectivity index (χ3n) is 3.66. The number of benzene rings is 1. The molecule has 3 rings (SSSR count). The van der Waals surface area contributed by atoms with Crippen molar-refractivity contribution in [2.75, 3.05) is 26.4 Å². The molecular weight excluding hydrogens is 280 g/mol. The number of rotatable bonds is 5. The van der Waals surface area contributed by atoms with Crippen LogP contribution >= 0.6 is 0 Å². The van der Waals surface area contributed by atoms with Crippen molar-refractivity contribution >= 4 is 10.0 Å². The molecule has 0 spiro atoms. The predicted octanol–water partition coefficient (Wildman–Crippen LogP) is 0.693. The Balaban J connectivity index is 1.62. The summed E-state index contributed by atoms with van der Waals surface area (Å²) in [5.74, 6) is 1.63. The van der Waals surface area contributed by atoms with E-state index >= 15 is 0 Å². The Hall–Kier alpha value is -1.31. The molecule has 1 aromatic carbocycles. The van der Waals surface area contributed by atoms with Crippen LogP contribution in [-0.4, -0.2) is 34.8 Å². The topological polar surface area (TPSA) is 76.7 Å². The SMILES string of the molecule is O=S(=O)(NCCC1CCNC1)c1ccc2c(c1)OCO2. The minimum absolute atomic E-state index is 0.140. The molecule has 20 heavy (non-hydrogen) atoms. The van der Waals surface area contributed by atoms with Crippen molar-refractivity contribution in [1.82, 2.24) is 10.0 Å². The van der Waals surface area contributed by atoms with Crippen molar-refractivity contribution in [3.05, 3.63) is 18.2 Å². The molecular formula is C13H18N2O4S. The fraction of sp³-hybridized carbons (Fsp3) is 0.538. The summed E-state index contributed by atoms with van der Waals surface area (Å²) in [6.45, 7) is 2.61. The molecule has 0 amide bonds. The minimum atomic E-state index is -3.48. The van der Waals surface area contributed by atoms with Crippen molar-refractivity contribution in [1.29, 1.82) is 0 Å². The first-order valence-electron chi connectivity index (χ1n) is 6.75. The van der Waals surface area contributed by atoms with E-state index in [-0.39, 0.29) is 11.7 Å². The van der Waals surface area contributed by atoms with Gasteiger partial charge in [0.2, 0.25) is 16.8 Å². The lowest BCUT2D eigenvalue weighted by atomic mass is 10.1. The van der Waals surface area contributed by atoms with Crippen molar-refractivity contribution in [3.63, 3.8) is 0 Å². The second-order valence-corrected chi connectivity index (χ2v) is 6.83. The van der Waals surface area contributed by atoms with Crippen LogP contribution in [0.4, 0.5) is 0 Å². The van der Waals surface area contributed by atoms with Gasteiger partial charge in [-0.05, 0) is 44.0 Å². The van der Waals surface area contributed by atoms with Gasteiger partial charge in [-0.1, -0.05) is 0 Å². The largest absolute Gasteiger partial charge is 0.454 e. The Morgan fingerprint density at radius 1 is 1.30 bits per heavy atom. The molecule has 0 saturated carbocycles. The van der Waals surface area contributed by atoms with Crippen LogP contribution in [-0.2, 0) is 10.0 Å². The molecule has 0 bridgehead atoms. The summed E-state index contributed by atoms with van der Waals surface area (Å²) in [6.07, 6.45) is 1.97. The fourth-order valence-corrected chi connectivity index (χ4v) is 3.55. The van der Waals surface area contributed by atoms with Gasteiger partial charge in [-0.15, -0.1) is 0 Å². The normalized spacial score (nSPS) is 21.3. The van der Waals surface area contributed by atoms with Crippen molar-refractivity contribution in [2.45, 2.75) is 17.7 Å². The maximum absolute atomic E-state index is 12.2. The first kappa shape index (κ1) is 13.7. The summed E-state index contributed by atoms with van der Waals surface area (Å²) in [5, 5.41) is 3.27. The molecule has 1 saturated heterocycles. The third kappa shape index (κ3) is 2.89. The zero-order valence-electron chi connectivity index (χ0n) is 11.1. The molecule has 2 aliphatic rings. The van der Waals surface area contributed by atoms with Crippen LogP contribution in [0.15, 0.2) is 23.1 Å². The van der Waals surface area contributed by atoms with Gasteiger partial charge in [0.25, 0.3) is 0 Å². The quantitative estimate of drug-likeness (QED) is 0.836. The highest BCUT2D eigenvalue weighted by Crippen LogP contribution is 2.33. The monoisotopic (exact) mass is 298 g/mol. The fourth-order valence-electron chi connectivity index (χ4n) is 2.49. The number of hydrogen-bond donors (Lipinski definition) is 2. The highest BCUT2D eigenvalue weighted by atomic mass is 32.2. The maximum atomic E-state index is 12.2. The summed E-state index contributed by atoms with van der Waals surface area (Å²) in [5.41, 5.74) is 0. The van der Waals surface area contributed by atoms with Gasteiger partial charge in [-0.3, -0.25) is 0 Å². The number of fused-ring (bicyclic) bond motifs is 1. The first-order valence-corrected chi connectivity index (χ1v) is 8.23. The predicted molar refractivity (Wildman–Crippen MR) is 73.3 cm³/mol. The van der Waals surface area contributed by atoms with E-state index in [1.807, 2.05) is 0 Å². The molecule has 2 aliphatic heterocycles. The van der Waals surface area contributed by atoms with Crippen molar-refractivity contribution in [2.24, 2.45) is 5.92 Å². The summed E-state index contributed by atoms with van der Waals surface area (Å²) >= 11 is 0. The molecule has 1 atom stereocenters. The summed E-state index contributed by atoms with van der Waals surface area (Å²) in [7, 11) is -3.48. The lowest BCUT2D eigenvalue weighted by molar-refractivity contribution is 0.174. The Labute approximate surface area is 118 Å². The van der Waals surface area contributed by atoms with Gasteiger partial charge < -0.3 is 14.8 Å². The maximum Gasteiger partial charge on any atom is 0.240 e. The highest BCUT2D eigenvalue weighted by Gasteiger charge is 2.21. The first-order chi connectivity index (χ1) is 9.65. The molecule has 1 unspecified atom stereocenters. The van der Waals surface area contributed by atoms with Crippen LogP contribution in [0.1, 0.15) is 12.8 Å². The molecule has 0 radical (unpaired) electrons. The molecule has 0 aliphatic carbocycles. The van der Waals surface area contributed by atoms with E-state index in [0.29, 0.717) is 24.0 Å². The van der Waals surface area contributed by atoms with E-state index in [1.54, 1.807) is 6.07 Å². The van der Waals surface area contributed by atoms with Gasteiger partial charge >= 0.3 is 0 Å². The number of hydrogen-bond acceptors (Lipinski definition) is 5. The highest BCUT2D eigenvalue weighted by molar-refractivity contribution is 7.89. The average Bonchev–Trinajstić information content (AvgIpc) is 3.08.